The minimum Gasteiger partial charge on any atom is -0.389 e. The molecule has 0 unspecified atom stereocenters. The van der Waals surface area contributed by atoms with E-state index in [4.69, 9.17) is 10.6 Å². The van der Waals surface area contributed by atoms with E-state index in [0.29, 0.717) is 0 Å². The van der Waals surface area contributed by atoms with Crippen LogP contribution < -0.4 is 5.73 Å². The monoisotopic (exact) mass is 328 g/mol. The second-order valence-corrected chi connectivity index (χ2v) is 5.00. The van der Waals surface area contributed by atoms with Crippen LogP contribution in [0.5, 0.6) is 0 Å². The molecule has 0 radical (unpaired) electrons. The van der Waals surface area contributed by atoms with Crippen LogP contribution in [0.1, 0.15) is 11.1 Å². The first kappa shape index (κ1) is 15.7. The molecule has 3 rings (SSSR count). The first-order chi connectivity index (χ1) is 11.6. The third-order valence-electron chi connectivity index (χ3n) is 3.31. The summed E-state index contributed by atoms with van der Waals surface area (Å²) in [5.41, 5.74) is 7.75. The summed E-state index contributed by atoms with van der Waals surface area (Å²) >= 11 is 0. The number of benzene rings is 2. The fourth-order valence-electron chi connectivity index (χ4n) is 2.05. The average Bonchev–Trinajstić information content (AvgIpc) is 3.12. The Hall–Kier alpha value is -3.22. The number of halogens is 2. The lowest BCUT2D eigenvalue weighted by Gasteiger charge is -2.05. The standard InChI is InChI=1S/C17H14F2N4O/c18-15-7-4-13(10-16(15)19)17(20)22-24-11-12-2-5-14(6-3-12)23-9-1-8-21-23/h1-10H,11H2,(H2,20,22). The van der Waals surface area contributed by atoms with Crippen LogP contribution in [0.15, 0.2) is 66.1 Å². The predicted molar refractivity (Wildman–Crippen MR) is 85.4 cm³/mol. The molecule has 1 aromatic heterocycles. The highest BCUT2D eigenvalue weighted by Gasteiger charge is 2.06. The molecule has 0 aliphatic heterocycles. The molecule has 0 spiro atoms. The van der Waals surface area contributed by atoms with Crippen LogP contribution in [0.3, 0.4) is 0 Å². The van der Waals surface area contributed by atoms with Gasteiger partial charge in [-0.25, -0.2) is 13.5 Å². The molecule has 2 aromatic carbocycles. The van der Waals surface area contributed by atoms with E-state index in [-0.39, 0.29) is 18.0 Å². The highest BCUT2D eigenvalue weighted by atomic mass is 19.2. The largest absolute Gasteiger partial charge is 0.389 e. The molecule has 24 heavy (non-hydrogen) atoms. The van der Waals surface area contributed by atoms with Crippen LogP contribution in [-0.2, 0) is 11.4 Å². The smallest absolute Gasteiger partial charge is 0.170 e. The molecule has 3 aromatic rings. The van der Waals surface area contributed by atoms with Gasteiger partial charge in [0.05, 0.1) is 5.69 Å². The van der Waals surface area contributed by atoms with Crippen molar-refractivity contribution < 1.29 is 13.6 Å². The Balaban J connectivity index is 1.62. The Kier molecular flexibility index (Phi) is 4.51. The van der Waals surface area contributed by atoms with E-state index in [2.05, 4.69) is 10.3 Å². The van der Waals surface area contributed by atoms with Gasteiger partial charge in [-0.15, -0.1) is 0 Å². The number of oxime groups is 1. The fraction of sp³-hybridized carbons (Fsp3) is 0.0588. The van der Waals surface area contributed by atoms with Gasteiger partial charge in [0.1, 0.15) is 6.61 Å². The topological polar surface area (TPSA) is 65.4 Å². The van der Waals surface area contributed by atoms with Crippen molar-refractivity contribution in [2.24, 2.45) is 10.9 Å². The van der Waals surface area contributed by atoms with Crippen LogP contribution in [0.2, 0.25) is 0 Å². The van der Waals surface area contributed by atoms with Gasteiger partial charge in [0, 0.05) is 18.0 Å². The SMILES string of the molecule is N/C(=N\OCc1ccc(-n2cccn2)cc1)c1ccc(F)c(F)c1. The number of nitrogens with zero attached hydrogens (tertiary/aromatic N) is 3. The Labute approximate surface area is 137 Å². The molecule has 0 fully saturated rings. The normalized spacial score (nSPS) is 11.5. The van der Waals surface area contributed by atoms with E-state index in [1.54, 1.807) is 10.9 Å². The van der Waals surface area contributed by atoms with Crippen molar-refractivity contribution >= 4 is 5.84 Å². The number of hydrogen-bond donors (Lipinski definition) is 1. The van der Waals surface area contributed by atoms with E-state index in [1.165, 1.54) is 6.07 Å². The molecular weight excluding hydrogens is 314 g/mol. The number of aromatic nitrogens is 2. The number of hydrogen-bond acceptors (Lipinski definition) is 3. The lowest BCUT2D eigenvalue weighted by atomic mass is 10.2. The highest BCUT2D eigenvalue weighted by molar-refractivity contribution is 5.97. The summed E-state index contributed by atoms with van der Waals surface area (Å²) in [6, 6.07) is 12.7. The van der Waals surface area contributed by atoms with Gasteiger partial charge in [0.2, 0.25) is 0 Å². The summed E-state index contributed by atoms with van der Waals surface area (Å²) in [6.45, 7) is 0.198. The summed E-state index contributed by atoms with van der Waals surface area (Å²) in [4.78, 5) is 5.16. The third-order valence-corrected chi connectivity index (χ3v) is 3.31. The minimum atomic E-state index is -0.986. The molecule has 0 saturated heterocycles. The molecule has 7 heteroatoms. The van der Waals surface area contributed by atoms with Crippen molar-refractivity contribution in [2.45, 2.75) is 6.61 Å². The highest BCUT2D eigenvalue weighted by Crippen LogP contribution is 2.11. The number of rotatable bonds is 5. The van der Waals surface area contributed by atoms with Crippen LogP contribution in [-0.4, -0.2) is 15.6 Å². The molecule has 0 aliphatic carbocycles. The third kappa shape index (κ3) is 3.57. The van der Waals surface area contributed by atoms with E-state index < -0.39 is 11.6 Å². The van der Waals surface area contributed by atoms with Crippen molar-refractivity contribution in [3.8, 4) is 5.69 Å². The molecule has 0 aliphatic rings. The van der Waals surface area contributed by atoms with Gasteiger partial charge in [-0.05, 0) is 42.0 Å². The van der Waals surface area contributed by atoms with Gasteiger partial charge >= 0.3 is 0 Å². The van der Waals surface area contributed by atoms with Crippen molar-refractivity contribution in [1.29, 1.82) is 0 Å². The van der Waals surface area contributed by atoms with Gasteiger partial charge in [-0.1, -0.05) is 17.3 Å². The maximum atomic E-state index is 13.1. The van der Waals surface area contributed by atoms with E-state index >= 15 is 0 Å². The summed E-state index contributed by atoms with van der Waals surface area (Å²) in [6.07, 6.45) is 3.55. The average molecular weight is 328 g/mol. The van der Waals surface area contributed by atoms with E-state index in [0.717, 1.165) is 23.4 Å². The summed E-state index contributed by atoms with van der Waals surface area (Å²) in [7, 11) is 0. The Morgan fingerprint density at radius 2 is 1.92 bits per heavy atom. The van der Waals surface area contributed by atoms with Gasteiger partial charge in [0.25, 0.3) is 0 Å². The Morgan fingerprint density at radius 3 is 2.58 bits per heavy atom. The molecule has 5 nitrogen and oxygen atoms in total. The molecule has 0 saturated carbocycles. The Morgan fingerprint density at radius 1 is 1.12 bits per heavy atom. The Bertz CT molecular complexity index is 846. The lowest BCUT2D eigenvalue weighted by molar-refractivity contribution is 0.130. The zero-order valence-electron chi connectivity index (χ0n) is 12.6. The first-order valence-electron chi connectivity index (χ1n) is 7.13. The molecule has 0 amide bonds. The van der Waals surface area contributed by atoms with E-state index in [1.807, 2.05) is 36.5 Å². The predicted octanol–water partition coefficient (Wildman–Crippen LogP) is 2.99. The second-order valence-electron chi connectivity index (χ2n) is 5.00. The molecule has 122 valence electrons. The van der Waals surface area contributed by atoms with Crippen molar-refractivity contribution in [1.82, 2.24) is 9.78 Å². The zero-order valence-corrected chi connectivity index (χ0v) is 12.6. The van der Waals surface area contributed by atoms with E-state index in [9.17, 15) is 8.78 Å². The molecule has 2 N–H and O–H groups in total. The maximum absolute atomic E-state index is 13.1. The summed E-state index contributed by atoms with van der Waals surface area (Å²) in [5.74, 6) is -1.95. The number of nitrogens with two attached hydrogens (primary N) is 1. The summed E-state index contributed by atoms with van der Waals surface area (Å²) in [5, 5.41) is 7.86. The zero-order chi connectivity index (χ0) is 16.9. The van der Waals surface area contributed by atoms with Gasteiger partial charge in [-0.3, -0.25) is 0 Å². The summed E-state index contributed by atoms with van der Waals surface area (Å²) < 4.78 is 27.8. The molecule has 1 heterocycles. The maximum Gasteiger partial charge on any atom is 0.170 e. The quantitative estimate of drug-likeness (QED) is 0.445. The van der Waals surface area contributed by atoms with Crippen LogP contribution in [0, 0.1) is 11.6 Å². The lowest BCUT2D eigenvalue weighted by Crippen LogP contribution is -2.14. The van der Waals surface area contributed by atoms with Gasteiger partial charge < -0.3 is 10.6 Å². The molecular formula is C17H14F2N4O. The van der Waals surface area contributed by atoms with Crippen LogP contribution in [0.4, 0.5) is 8.78 Å². The molecule has 0 bridgehead atoms. The fourth-order valence-corrected chi connectivity index (χ4v) is 2.05. The first-order valence-corrected chi connectivity index (χ1v) is 7.13. The number of amidine groups is 1. The van der Waals surface area contributed by atoms with Gasteiger partial charge in [-0.2, -0.15) is 5.10 Å². The van der Waals surface area contributed by atoms with Gasteiger partial charge in [0.15, 0.2) is 17.5 Å². The van der Waals surface area contributed by atoms with Crippen molar-refractivity contribution in [2.75, 3.05) is 0 Å². The molecule has 0 atom stereocenters. The van der Waals surface area contributed by atoms with Crippen molar-refractivity contribution in [3.63, 3.8) is 0 Å². The minimum absolute atomic E-state index is 0.0259. The van der Waals surface area contributed by atoms with Crippen LogP contribution in [0.25, 0.3) is 5.69 Å². The second kappa shape index (κ2) is 6.91. The van der Waals surface area contributed by atoms with Crippen molar-refractivity contribution in [3.05, 3.63) is 83.7 Å². The van der Waals surface area contributed by atoms with Crippen LogP contribution >= 0.6 is 0 Å².